The molecule has 102 valence electrons. The van der Waals surface area contributed by atoms with Crippen molar-refractivity contribution in [3.05, 3.63) is 0 Å². The minimum absolute atomic E-state index is 0.187. The van der Waals surface area contributed by atoms with Gasteiger partial charge in [0.1, 0.15) is 0 Å². The zero-order valence-corrected chi connectivity index (χ0v) is 11.2. The molecule has 4 heteroatoms. The van der Waals surface area contributed by atoms with E-state index in [0.29, 0.717) is 12.1 Å². The number of rotatable bonds is 1. The molecule has 3 rings (SSSR count). The lowest BCUT2D eigenvalue weighted by Crippen LogP contribution is -2.51. The van der Waals surface area contributed by atoms with E-state index in [1.807, 2.05) is 4.90 Å². The van der Waals surface area contributed by atoms with Gasteiger partial charge in [0.05, 0.1) is 0 Å². The Bertz CT molecular complexity index is 301. The van der Waals surface area contributed by atoms with Crippen LogP contribution >= 0.6 is 0 Å². The molecule has 3 aliphatic rings. The summed E-state index contributed by atoms with van der Waals surface area (Å²) in [7, 11) is 0. The summed E-state index contributed by atoms with van der Waals surface area (Å²) in [5.41, 5.74) is 0. The topological polar surface area (TPSA) is 35.6 Å². The van der Waals surface area contributed by atoms with Gasteiger partial charge in [0.25, 0.3) is 0 Å². The minimum Gasteiger partial charge on any atom is -0.334 e. The Balaban J connectivity index is 1.54. The van der Waals surface area contributed by atoms with Crippen LogP contribution in [0.2, 0.25) is 0 Å². The lowest BCUT2D eigenvalue weighted by Gasteiger charge is -2.34. The minimum atomic E-state index is 0.187. The van der Waals surface area contributed by atoms with Crippen LogP contribution in [0.15, 0.2) is 0 Å². The maximum absolute atomic E-state index is 12.2. The van der Waals surface area contributed by atoms with Crippen LogP contribution in [-0.2, 0) is 0 Å². The number of amides is 2. The number of nitrogens with zero attached hydrogens (tertiary/aromatic N) is 2. The maximum Gasteiger partial charge on any atom is 0.317 e. The summed E-state index contributed by atoms with van der Waals surface area (Å²) in [6.45, 7) is 4.32. The number of carbonyl (C=O) groups is 1. The van der Waals surface area contributed by atoms with E-state index in [2.05, 4.69) is 10.2 Å². The summed E-state index contributed by atoms with van der Waals surface area (Å²) in [5, 5.41) is 3.29. The molecule has 0 aliphatic carbocycles. The second-order valence-electron chi connectivity index (χ2n) is 5.99. The molecule has 2 amide bonds. The number of piperidine rings is 2. The fourth-order valence-corrected chi connectivity index (χ4v) is 3.76. The van der Waals surface area contributed by atoms with Crippen LogP contribution < -0.4 is 5.32 Å². The van der Waals surface area contributed by atoms with Crippen LogP contribution in [0, 0.1) is 0 Å². The molecule has 2 atom stereocenters. The van der Waals surface area contributed by atoms with Crippen LogP contribution in [0.25, 0.3) is 0 Å². The molecule has 1 N–H and O–H groups in total. The fraction of sp³-hybridized carbons (Fsp3) is 0.929. The van der Waals surface area contributed by atoms with Crippen molar-refractivity contribution in [3.8, 4) is 0 Å². The number of carbonyl (C=O) groups excluding carboxylic acids is 1. The van der Waals surface area contributed by atoms with Crippen LogP contribution in [0.3, 0.4) is 0 Å². The van der Waals surface area contributed by atoms with Crippen molar-refractivity contribution in [2.24, 2.45) is 0 Å². The third kappa shape index (κ3) is 2.48. The highest BCUT2D eigenvalue weighted by molar-refractivity contribution is 5.74. The first kappa shape index (κ1) is 12.3. The number of urea groups is 1. The summed E-state index contributed by atoms with van der Waals surface area (Å²) in [4.78, 5) is 16.8. The van der Waals surface area contributed by atoms with Crippen molar-refractivity contribution in [2.45, 2.75) is 57.0 Å². The SMILES string of the molecule is O=C(NC1CCN2CCCCC12)N1CCCCC1. The molecule has 2 unspecified atom stereocenters. The van der Waals surface area contributed by atoms with E-state index in [-0.39, 0.29) is 6.03 Å². The number of nitrogens with one attached hydrogen (secondary N) is 1. The second kappa shape index (κ2) is 5.47. The molecule has 3 heterocycles. The molecular weight excluding hydrogens is 226 g/mol. The molecule has 0 saturated carbocycles. The molecule has 3 fully saturated rings. The Hall–Kier alpha value is -0.770. The molecule has 0 aromatic carbocycles. The summed E-state index contributed by atoms with van der Waals surface area (Å²) >= 11 is 0. The van der Waals surface area contributed by atoms with Gasteiger partial charge >= 0.3 is 6.03 Å². The van der Waals surface area contributed by atoms with Gasteiger partial charge < -0.3 is 10.2 Å². The molecule has 3 saturated heterocycles. The Morgan fingerprint density at radius 2 is 1.67 bits per heavy atom. The van der Waals surface area contributed by atoms with E-state index in [9.17, 15) is 4.79 Å². The molecule has 0 aromatic rings. The predicted molar refractivity (Wildman–Crippen MR) is 71.6 cm³/mol. The predicted octanol–water partition coefficient (Wildman–Crippen LogP) is 1.81. The highest BCUT2D eigenvalue weighted by Gasteiger charge is 2.36. The Kier molecular flexibility index (Phi) is 3.73. The molecule has 0 radical (unpaired) electrons. The monoisotopic (exact) mass is 251 g/mol. The lowest BCUT2D eigenvalue weighted by molar-refractivity contribution is 0.162. The summed E-state index contributed by atoms with van der Waals surface area (Å²) < 4.78 is 0. The molecule has 0 spiro atoms. The van der Waals surface area contributed by atoms with Gasteiger partial charge in [-0.05, 0) is 45.1 Å². The highest BCUT2D eigenvalue weighted by atomic mass is 16.2. The van der Waals surface area contributed by atoms with Crippen molar-refractivity contribution in [2.75, 3.05) is 26.2 Å². The third-order valence-corrected chi connectivity index (χ3v) is 4.81. The van der Waals surface area contributed by atoms with Crippen molar-refractivity contribution in [3.63, 3.8) is 0 Å². The molecule has 3 aliphatic heterocycles. The van der Waals surface area contributed by atoms with Gasteiger partial charge in [-0.1, -0.05) is 6.42 Å². The van der Waals surface area contributed by atoms with Crippen molar-refractivity contribution in [1.82, 2.24) is 15.1 Å². The Morgan fingerprint density at radius 1 is 0.889 bits per heavy atom. The first-order valence-corrected chi connectivity index (χ1v) is 7.64. The highest BCUT2D eigenvalue weighted by Crippen LogP contribution is 2.27. The molecular formula is C14H25N3O. The summed E-state index contributed by atoms with van der Waals surface area (Å²) in [6, 6.07) is 1.21. The average Bonchev–Trinajstić information content (AvgIpc) is 2.83. The normalized spacial score (nSPS) is 33.2. The smallest absolute Gasteiger partial charge is 0.317 e. The summed E-state index contributed by atoms with van der Waals surface area (Å²) in [5.74, 6) is 0. The maximum atomic E-state index is 12.2. The quantitative estimate of drug-likeness (QED) is 0.771. The van der Waals surface area contributed by atoms with E-state index < -0.39 is 0 Å². The number of hydrogen-bond donors (Lipinski definition) is 1. The van der Waals surface area contributed by atoms with Gasteiger partial charge in [-0.2, -0.15) is 0 Å². The lowest BCUT2D eigenvalue weighted by atomic mass is 9.99. The van der Waals surface area contributed by atoms with Gasteiger partial charge in [0.2, 0.25) is 0 Å². The van der Waals surface area contributed by atoms with Gasteiger partial charge in [-0.25, -0.2) is 4.79 Å². The third-order valence-electron chi connectivity index (χ3n) is 4.81. The van der Waals surface area contributed by atoms with E-state index >= 15 is 0 Å². The van der Waals surface area contributed by atoms with Crippen molar-refractivity contribution >= 4 is 6.03 Å². The molecule has 4 nitrogen and oxygen atoms in total. The zero-order chi connectivity index (χ0) is 12.4. The van der Waals surface area contributed by atoms with E-state index in [1.54, 1.807) is 0 Å². The van der Waals surface area contributed by atoms with Crippen LogP contribution in [-0.4, -0.2) is 54.1 Å². The first-order valence-electron chi connectivity index (χ1n) is 7.64. The second-order valence-corrected chi connectivity index (χ2v) is 5.99. The van der Waals surface area contributed by atoms with Crippen molar-refractivity contribution < 1.29 is 4.79 Å². The van der Waals surface area contributed by atoms with Gasteiger partial charge in [0, 0.05) is 31.7 Å². The van der Waals surface area contributed by atoms with Gasteiger partial charge in [0.15, 0.2) is 0 Å². The van der Waals surface area contributed by atoms with Crippen LogP contribution in [0.1, 0.15) is 44.9 Å². The Labute approximate surface area is 110 Å². The van der Waals surface area contributed by atoms with Crippen LogP contribution in [0.5, 0.6) is 0 Å². The number of hydrogen-bond acceptors (Lipinski definition) is 2. The van der Waals surface area contributed by atoms with E-state index in [4.69, 9.17) is 0 Å². The zero-order valence-electron chi connectivity index (χ0n) is 11.2. The largest absolute Gasteiger partial charge is 0.334 e. The molecule has 0 aromatic heterocycles. The van der Waals surface area contributed by atoms with Crippen LogP contribution in [0.4, 0.5) is 4.79 Å². The number of fused-ring (bicyclic) bond motifs is 1. The fourth-order valence-electron chi connectivity index (χ4n) is 3.76. The summed E-state index contributed by atoms with van der Waals surface area (Å²) in [6.07, 6.45) is 8.71. The first-order chi connectivity index (χ1) is 8.84. The average molecular weight is 251 g/mol. The number of likely N-dealkylation sites (tertiary alicyclic amines) is 1. The van der Waals surface area contributed by atoms with Crippen molar-refractivity contribution in [1.29, 1.82) is 0 Å². The Morgan fingerprint density at radius 3 is 2.50 bits per heavy atom. The van der Waals surface area contributed by atoms with E-state index in [0.717, 1.165) is 19.5 Å². The molecule has 18 heavy (non-hydrogen) atoms. The van der Waals surface area contributed by atoms with Gasteiger partial charge in [-0.3, -0.25) is 4.90 Å². The van der Waals surface area contributed by atoms with Gasteiger partial charge in [-0.15, -0.1) is 0 Å². The molecule has 0 bridgehead atoms. The van der Waals surface area contributed by atoms with E-state index in [1.165, 1.54) is 51.6 Å². The standard InChI is InChI=1S/C14H25N3O/c18-14(17-9-3-1-4-10-17)15-12-7-11-16-8-5-2-6-13(12)16/h12-13H,1-11H2,(H,15,18).